The van der Waals surface area contributed by atoms with Gasteiger partial charge in [-0.1, -0.05) is 18.6 Å². The molecule has 3 rings (SSSR count). The van der Waals surface area contributed by atoms with Gasteiger partial charge >= 0.3 is 0 Å². The molecule has 0 heterocycles. The SMILES string of the molecule is C[C@@H](NC(=O)c1ccccc1Br)[C@H]1C[C@@H]2CC[C@H]1C2. The fraction of sp³-hybridized carbons (Fsp3) is 0.562. The molecule has 2 nitrogen and oxygen atoms in total. The van der Waals surface area contributed by atoms with Gasteiger partial charge < -0.3 is 5.32 Å². The van der Waals surface area contributed by atoms with Crippen LogP contribution in [-0.4, -0.2) is 11.9 Å². The largest absolute Gasteiger partial charge is 0.349 e. The molecule has 0 saturated heterocycles. The normalized spacial score (nSPS) is 30.3. The van der Waals surface area contributed by atoms with Crippen molar-refractivity contribution in [3.05, 3.63) is 34.3 Å². The molecule has 19 heavy (non-hydrogen) atoms. The second-order valence-electron chi connectivity index (χ2n) is 6.08. The second-order valence-corrected chi connectivity index (χ2v) is 6.94. The molecule has 0 radical (unpaired) electrons. The fourth-order valence-electron chi connectivity index (χ4n) is 3.94. The van der Waals surface area contributed by atoms with Crippen molar-refractivity contribution >= 4 is 21.8 Å². The lowest BCUT2D eigenvalue weighted by Gasteiger charge is -2.28. The number of nitrogens with one attached hydrogen (secondary N) is 1. The molecule has 2 aliphatic rings. The summed E-state index contributed by atoms with van der Waals surface area (Å²) < 4.78 is 0.868. The molecule has 1 N–H and O–H groups in total. The molecule has 2 saturated carbocycles. The Hall–Kier alpha value is -0.830. The van der Waals surface area contributed by atoms with Crippen molar-refractivity contribution < 1.29 is 4.79 Å². The quantitative estimate of drug-likeness (QED) is 0.895. The monoisotopic (exact) mass is 321 g/mol. The van der Waals surface area contributed by atoms with Gasteiger partial charge in [0.2, 0.25) is 0 Å². The van der Waals surface area contributed by atoms with Crippen molar-refractivity contribution in [2.75, 3.05) is 0 Å². The topological polar surface area (TPSA) is 29.1 Å². The van der Waals surface area contributed by atoms with Crippen LogP contribution in [0.2, 0.25) is 0 Å². The summed E-state index contributed by atoms with van der Waals surface area (Å²) in [5.41, 5.74) is 0.734. The van der Waals surface area contributed by atoms with Crippen molar-refractivity contribution in [1.82, 2.24) is 5.32 Å². The third-order valence-electron chi connectivity index (χ3n) is 4.91. The van der Waals surface area contributed by atoms with E-state index in [-0.39, 0.29) is 11.9 Å². The molecule has 1 aromatic rings. The third-order valence-corrected chi connectivity index (χ3v) is 5.60. The Morgan fingerprint density at radius 2 is 2.11 bits per heavy atom. The van der Waals surface area contributed by atoms with Gasteiger partial charge in [-0.2, -0.15) is 0 Å². The Morgan fingerprint density at radius 3 is 2.74 bits per heavy atom. The van der Waals surface area contributed by atoms with Crippen LogP contribution < -0.4 is 5.32 Å². The maximum Gasteiger partial charge on any atom is 0.252 e. The van der Waals surface area contributed by atoms with Crippen LogP contribution in [0, 0.1) is 17.8 Å². The van der Waals surface area contributed by atoms with E-state index in [0.717, 1.165) is 21.9 Å². The number of hydrogen-bond acceptors (Lipinski definition) is 1. The fourth-order valence-corrected chi connectivity index (χ4v) is 4.41. The van der Waals surface area contributed by atoms with E-state index in [1.54, 1.807) is 0 Å². The van der Waals surface area contributed by atoms with Crippen LogP contribution in [0.1, 0.15) is 43.0 Å². The summed E-state index contributed by atoms with van der Waals surface area (Å²) in [6.45, 7) is 2.17. The Morgan fingerprint density at radius 1 is 1.32 bits per heavy atom. The highest BCUT2D eigenvalue weighted by Gasteiger charge is 2.42. The molecule has 1 amide bonds. The van der Waals surface area contributed by atoms with Gasteiger partial charge in [0, 0.05) is 10.5 Å². The number of carbonyl (C=O) groups is 1. The number of carbonyl (C=O) groups excluding carboxylic acids is 1. The minimum absolute atomic E-state index is 0.0442. The number of benzene rings is 1. The van der Waals surface area contributed by atoms with E-state index < -0.39 is 0 Å². The third kappa shape index (κ3) is 2.58. The van der Waals surface area contributed by atoms with Crippen LogP contribution >= 0.6 is 15.9 Å². The van der Waals surface area contributed by atoms with Crippen LogP contribution in [0.3, 0.4) is 0 Å². The zero-order valence-corrected chi connectivity index (χ0v) is 12.8. The van der Waals surface area contributed by atoms with Crippen molar-refractivity contribution in [2.24, 2.45) is 17.8 Å². The molecule has 2 bridgehead atoms. The molecule has 0 spiro atoms. The van der Waals surface area contributed by atoms with E-state index in [0.29, 0.717) is 5.92 Å². The Bertz CT molecular complexity index is 487. The molecular weight excluding hydrogens is 302 g/mol. The predicted molar refractivity (Wildman–Crippen MR) is 80.0 cm³/mol. The molecule has 2 aliphatic carbocycles. The highest BCUT2D eigenvalue weighted by atomic mass is 79.9. The van der Waals surface area contributed by atoms with Gasteiger partial charge in [-0.15, -0.1) is 0 Å². The average Bonchev–Trinajstić information content (AvgIpc) is 3.01. The number of fused-ring (bicyclic) bond motifs is 2. The molecule has 0 unspecified atom stereocenters. The number of halogens is 1. The number of rotatable bonds is 3. The molecule has 2 fully saturated rings. The lowest BCUT2D eigenvalue weighted by molar-refractivity contribution is 0.0914. The smallest absolute Gasteiger partial charge is 0.252 e. The van der Waals surface area contributed by atoms with E-state index in [9.17, 15) is 4.79 Å². The van der Waals surface area contributed by atoms with Gasteiger partial charge in [0.15, 0.2) is 0 Å². The van der Waals surface area contributed by atoms with E-state index in [2.05, 4.69) is 28.2 Å². The molecule has 0 aromatic heterocycles. The van der Waals surface area contributed by atoms with Crippen LogP contribution in [0.4, 0.5) is 0 Å². The van der Waals surface area contributed by atoms with Crippen LogP contribution in [0.25, 0.3) is 0 Å². The number of amides is 1. The standard InChI is InChI=1S/C16H20BrNO/c1-10(14-9-11-6-7-12(14)8-11)18-16(19)13-4-2-3-5-15(13)17/h2-5,10-12,14H,6-9H2,1H3,(H,18,19)/t10-,11-,12+,14-/m1/s1. The first kappa shape index (κ1) is 13.2. The summed E-state index contributed by atoms with van der Waals surface area (Å²) in [6.07, 6.45) is 5.47. The van der Waals surface area contributed by atoms with Gasteiger partial charge in [-0.25, -0.2) is 0 Å². The van der Waals surface area contributed by atoms with Crippen LogP contribution in [-0.2, 0) is 0 Å². The Kier molecular flexibility index (Phi) is 3.66. The molecule has 0 aliphatic heterocycles. The zero-order chi connectivity index (χ0) is 13.4. The van der Waals surface area contributed by atoms with Crippen LogP contribution in [0.15, 0.2) is 28.7 Å². The van der Waals surface area contributed by atoms with Gasteiger partial charge in [0.05, 0.1) is 5.56 Å². The van der Waals surface area contributed by atoms with Gasteiger partial charge in [-0.3, -0.25) is 4.79 Å². The van der Waals surface area contributed by atoms with E-state index in [1.807, 2.05) is 24.3 Å². The highest BCUT2D eigenvalue weighted by Crippen LogP contribution is 2.49. The lowest BCUT2D eigenvalue weighted by atomic mass is 9.84. The first-order valence-electron chi connectivity index (χ1n) is 7.20. The minimum Gasteiger partial charge on any atom is -0.349 e. The maximum atomic E-state index is 12.3. The summed E-state index contributed by atoms with van der Waals surface area (Å²) in [4.78, 5) is 12.3. The zero-order valence-electron chi connectivity index (χ0n) is 11.2. The maximum absolute atomic E-state index is 12.3. The molecule has 4 atom stereocenters. The molecule has 102 valence electrons. The first-order chi connectivity index (χ1) is 9.15. The van der Waals surface area contributed by atoms with E-state index in [1.165, 1.54) is 25.7 Å². The van der Waals surface area contributed by atoms with Gasteiger partial charge in [0.1, 0.15) is 0 Å². The summed E-state index contributed by atoms with van der Waals surface area (Å²) in [7, 11) is 0. The van der Waals surface area contributed by atoms with E-state index in [4.69, 9.17) is 0 Å². The molecule has 3 heteroatoms. The van der Waals surface area contributed by atoms with Gasteiger partial charge in [-0.05, 0) is 72.0 Å². The van der Waals surface area contributed by atoms with Crippen molar-refractivity contribution in [3.8, 4) is 0 Å². The summed E-state index contributed by atoms with van der Waals surface area (Å²) in [5.74, 6) is 2.50. The second kappa shape index (κ2) is 5.28. The Balaban J connectivity index is 1.65. The first-order valence-corrected chi connectivity index (χ1v) is 8.00. The lowest BCUT2D eigenvalue weighted by Crippen LogP contribution is -2.40. The van der Waals surface area contributed by atoms with Crippen molar-refractivity contribution in [1.29, 1.82) is 0 Å². The van der Waals surface area contributed by atoms with Crippen molar-refractivity contribution in [2.45, 2.75) is 38.6 Å². The van der Waals surface area contributed by atoms with E-state index >= 15 is 0 Å². The highest BCUT2D eigenvalue weighted by molar-refractivity contribution is 9.10. The molecule has 1 aromatic carbocycles. The summed E-state index contributed by atoms with van der Waals surface area (Å²) >= 11 is 3.44. The van der Waals surface area contributed by atoms with Crippen LogP contribution in [0.5, 0.6) is 0 Å². The number of hydrogen-bond donors (Lipinski definition) is 1. The minimum atomic E-state index is 0.0442. The summed E-state index contributed by atoms with van der Waals surface area (Å²) in [6, 6.07) is 7.90. The molecular formula is C16H20BrNO. The average molecular weight is 322 g/mol. The Labute approximate surface area is 123 Å². The van der Waals surface area contributed by atoms with Gasteiger partial charge in [0.25, 0.3) is 5.91 Å². The predicted octanol–water partition coefficient (Wildman–Crippen LogP) is 4.00. The summed E-state index contributed by atoms with van der Waals surface area (Å²) in [5, 5.41) is 3.19. The van der Waals surface area contributed by atoms with Crippen molar-refractivity contribution in [3.63, 3.8) is 0 Å².